The molecule has 0 aromatic carbocycles. The Labute approximate surface area is 138 Å². The molecule has 0 bridgehead atoms. The molecule has 0 heterocycles. The lowest BCUT2D eigenvalue weighted by atomic mass is 9.77. The smallest absolute Gasteiger partial charge is 0.186 e. The van der Waals surface area contributed by atoms with Crippen LogP contribution in [-0.2, 0) is 0 Å². The highest BCUT2D eigenvalue weighted by Crippen LogP contribution is 2.33. The van der Waals surface area contributed by atoms with Crippen molar-refractivity contribution < 1.29 is 0 Å². The van der Waals surface area contributed by atoms with Gasteiger partial charge in [-0.3, -0.25) is 4.99 Å². The predicted octanol–water partition coefficient (Wildman–Crippen LogP) is 4.99. The van der Waals surface area contributed by atoms with E-state index in [4.69, 9.17) is 11.5 Å². The van der Waals surface area contributed by atoms with E-state index in [0.29, 0.717) is 6.04 Å². The molecule has 3 nitrogen and oxygen atoms in total. The van der Waals surface area contributed by atoms with Gasteiger partial charge in [0, 0.05) is 0 Å². The summed E-state index contributed by atoms with van der Waals surface area (Å²) >= 11 is 0. The first-order chi connectivity index (χ1) is 10.7. The van der Waals surface area contributed by atoms with E-state index >= 15 is 0 Å². The minimum absolute atomic E-state index is 0.243. The van der Waals surface area contributed by atoms with Gasteiger partial charge in [0.15, 0.2) is 5.96 Å². The third-order valence-electron chi connectivity index (χ3n) is 5.41. The van der Waals surface area contributed by atoms with Gasteiger partial charge in [0.1, 0.15) is 0 Å². The Kier molecular flexibility index (Phi) is 10.3. The summed E-state index contributed by atoms with van der Waals surface area (Å²) in [4.78, 5) is 4.11. The molecule has 0 spiro atoms. The maximum atomic E-state index is 5.25. The Morgan fingerprint density at radius 2 is 1.45 bits per heavy atom. The fraction of sp³-hybridized carbons (Fsp3) is 0.947. The summed E-state index contributed by atoms with van der Waals surface area (Å²) in [5.74, 6) is 2.38. The Bertz CT molecular complexity index is 282. The molecule has 130 valence electrons. The highest BCUT2D eigenvalue weighted by atomic mass is 15.0. The summed E-state index contributed by atoms with van der Waals surface area (Å²) in [6, 6.07) is 0.416. The summed E-state index contributed by atoms with van der Waals surface area (Å²) in [5, 5.41) is 0. The molecule has 2 fully saturated rings. The van der Waals surface area contributed by atoms with Crippen LogP contribution in [0.3, 0.4) is 0 Å². The van der Waals surface area contributed by atoms with Crippen molar-refractivity contribution in [3.8, 4) is 0 Å². The van der Waals surface area contributed by atoms with E-state index in [0.717, 1.165) is 24.7 Å². The molecule has 2 aliphatic rings. The number of nitrogens with two attached hydrogens (primary N) is 2. The van der Waals surface area contributed by atoms with Crippen molar-refractivity contribution in [3.05, 3.63) is 0 Å². The zero-order valence-corrected chi connectivity index (χ0v) is 15.0. The second-order valence-electron chi connectivity index (χ2n) is 7.20. The van der Waals surface area contributed by atoms with Crippen LogP contribution in [0.2, 0.25) is 0 Å². The Hall–Kier alpha value is -0.730. The Morgan fingerprint density at radius 1 is 0.909 bits per heavy atom. The van der Waals surface area contributed by atoms with Crippen molar-refractivity contribution >= 4 is 5.96 Å². The van der Waals surface area contributed by atoms with Crippen LogP contribution in [-0.4, -0.2) is 12.0 Å². The summed E-state index contributed by atoms with van der Waals surface area (Å²) in [7, 11) is 0. The molecule has 0 aromatic heterocycles. The van der Waals surface area contributed by atoms with E-state index in [2.05, 4.69) is 18.8 Å². The van der Waals surface area contributed by atoms with Gasteiger partial charge >= 0.3 is 0 Å². The van der Waals surface area contributed by atoms with Crippen molar-refractivity contribution in [2.24, 2.45) is 28.3 Å². The van der Waals surface area contributed by atoms with E-state index in [1.54, 1.807) is 0 Å². The lowest BCUT2D eigenvalue weighted by Gasteiger charge is -2.29. The number of nitrogens with zero attached hydrogens (tertiary/aromatic N) is 1. The van der Waals surface area contributed by atoms with Gasteiger partial charge in [0.05, 0.1) is 6.04 Å². The van der Waals surface area contributed by atoms with Crippen LogP contribution in [0.25, 0.3) is 0 Å². The van der Waals surface area contributed by atoms with Crippen molar-refractivity contribution in [2.75, 3.05) is 0 Å². The lowest BCUT2D eigenvalue weighted by Crippen LogP contribution is -2.26. The molecule has 0 aliphatic heterocycles. The molecule has 3 heteroatoms. The van der Waals surface area contributed by atoms with Gasteiger partial charge in [-0.25, -0.2) is 0 Å². The van der Waals surface area contributed by atoms with Crippen molar-refractivity contribution in [2.45, 2.75) is 103 Å². The molecule has 0 radical (unpaired) electrons. The molecule has 2 rings (SSSR count). The van der Waals surface area contributed by atoms with E-state index in [-0.39, 0.29) is 5.96 Å². The van der Waals surface area contributed by atoms with E-state index in [1.807, 2.05) is 0 Å². The first-order valence-electron chi connectivity index (χ1n) is 9.76. The minimum atomic E-state index is 0.243. The second kappa shape index (κ2) is 11.8. The fourth-order valence-corrected chi connectivity index (χ4v) is 4.17. The van der Waals surface area contributed by atoms with Crippen LogP contribution in [0.1, 0.15) is 97.3 Å². The molecule has 1 unspecified atom stereocenters. The van der Waals surface area contributed by atoms with E-state index in [9.17, 15) is 0 Å². The molecule has 1 atom stereocenters. The summed E-state index contributed by atoms with van der Waals surface area (Å²) in [6.45, 7) is 4.69. The first kappa shape index (κ1) is 19.3. The van der Waals surface area contributed by atoms with Crippen LogP contribution in [0, 0.1) is 11.8 Å². The molecule has 0 amide bonds. The highest BCUT2D eigenvalue weighted by molar-refractivity contribution is 5.75. The molecule has 2 aliphatic carbocycles. The third kappa shape index (κ3) is 8.05. The van der Waals surface area contributed by atoms with Gasteiger partial charge in [-0.1, -0.05) is 84.5 Å². The van der Waals surface area contributed by atoms with Crippen LogP contribution in [0.5, 0.6) is 0 Å². The van der Waals surface area contributed by atoms with Gasteiger partial charge in [-0.2, -0.15) is 0 Å². The van der Waals surface area contributed by atoms with Crippen molar-refractivity contribution in [3.63, 3.8) is 0 Å². The Morgan fingerprint density at radius 3 is 1.91 bits per heavy atom. The standard InChI is InChI=1S/C12H24.C7H15N3/c1-3-8-11(4-2)12-9-6-5-7-10-12;8-7(9)10-6-4-2-1-3-5-6/h11-12H,3-10H2,1-2H3;6H,1-5H2,(H4,8,9,10). The minimum Gasteiger partial charge on any atom is -0.370 e. The van der Waals surface area contributed by atoms with Crippen molar-refractivity contribution in [1.29, 1.82) is 0 Å². The largest absolute Gasteiger partial charge is 0.370 e. The Balaban J connectivity index is 0.000000224. The summed E-state index contributed by atoms with van der Waals surface area (Å²) in [5.41, 5.74) is 10.5. The second-order valence-corrected chi connectivity index (χ2v) is 7.20. The lowest BCUT2D eigenvalue weighted by molar-refractivity contribution is 0.229. The average Bonchev–Trinajstić information content (AvgIpc) is 2.54. The molecule has 0 saturated heterocycles. The topological polar surface area (TPSA) is 64.4 Å². The highest BCUT2D eigenvalue weighted by Gasteiger charge is 2.20. The fourth-order valence-electron chi connectivity index (χ4n) is 4.17. The van der Waals surface area contributed by atoms with Crippen molar-refractivity contribution in [1.82, 2.24) is 0 Å². The van der Waals surface area contributed by atoms with Gasteiger partial charge in [0.25, 0.3) is 0 Å². The van der Waals surface area contributed by atoms with Gasteiger partial charge < -0.3 is 11.5 Å². The van der Waals surface area contributed by atoms with Crippen LogP contribution >= 0.6 is 0 Å². The number of aliphatic imine (C=N–C) groups is 1. The summed E-state index contributed by atoms with van der Waals surface area (Å²) in [6.07, 6.45) is 18.1. The van der Waals surface area contributed by atoms with Crippen LogP contribution < -0.4 is 11.5 Å². The van der Waals surface area contributed by atoms with Gasteiger partial charge in [0.2, 0.25) is 0 Å². The summed E-state index contributed by atoms with van der Waals surface area (Å²) < 4.78 is 0. The molecule has 22 heavy (non-hydrogen) atoms. The zero-order chi connectivity index (χ0) is 16.2. The van der Waals surface area contributed by atoms with Crippen LogP contribution in [0.4, 0.5) is 0 Å². The third-order valence-corrected chi connectivity index (χ3v) is 5.41. The molecule has 0 aromatic rings. The van der Waals surface area contributed by atoms with Gasteiger partial charge in [-0.15, -0.1) is 0 Å². The normalized spacial score (nSPS) is 21.5. The average molecular weight is 310 g/mol. The zero-order valence-electron chi connectivity index (χ0n) is 15.0. The van der Waals surface area contributed by atoms with E-state index in [1.165, 1.54) is 70.6 Å². The monoisotopic (exact) mass is 309 g/mol. The quantitative estimate of drug-likeness (QED) is 0.555. The molecular weight excluding hydrogens is 270 g/mol. The van der Waals surface area contributed by atoms with Crippen LogP contribution in [0.15, 0.2) is 4.99 Å². The maximum absolute atomic E-state index is 5.25. The SMILES string of the molecule is CCCC(CC)C1CCCCC1.NC(N)=NC1CCCCC1. The number of hydrogen-bond donors (Lipinski definition) is 2. The first-order valence-corrected chi connectivity index (χ1v) is 9.76. The molecule has 2 saturated carbocycles. The predicted molar refractivity (Wildman–Crippen MR) is 97.9 cm³/mol. The van der Waals surface area contributed by atoms with Gasteiger partial charge in [-0.05, 0) is 24.7 Å². The molecule has 4 N–H and O–H groups in total. The van der Waals surface area contributed by atoms with E-state index < -0.39 is 0 Å². The maximum Gasteiger partial charge on any atom is 0.186 e. The number of rotatable bonds is 5. The number of hydrogen-bond acceptors (Lipinski definition) is 1. The number of guanidine groups is 1. The molecular formula is C19H39N3.